The highest BCUT2D eigenvalue weighted by atomic mass is 35.5. The number of hydrogen-bond acceptors (Lipinski definition) is 14. The maximum absolute atomic E-state index is 12.5. The lowest BCUT2D eigenvalue weighted by Gasteiger charge is -2.24. The SMILES string of the molecule is C=C(OC)[C@H](NCc1cc(Cl)c(OCc2cccc(-c3cccc(COc4cc(OCc5cncc(C#N)c5)c(CC[C@@H](C(=O)OC)[C@@H](C)O)cc4Cl)c3C)c2C)cc1OCc1cncc(C#N)c1)[C@@H](C)O. The summed E-state index contributed by atoms with van der Waals surface area (Å²) in [6, 6.07) is 26.0. The quantitative estimate of drug-likeness (QED) is 0.0382. The highest BCUT2D eigenvalue weighted by Gasteiger charge is 2.26. The van der Waals surface area contributed by atoms with Crippen LogP contribution in [0.25, 0.3) is 11.1 Å². The smallest absolute Gasteiger partial charge is 0.311 e. The van der Waals surface area contributed by atoms with Crippen molar-refractivity contribution in [1.82, 2.24) is 15.3 Å². The number of methoxy groups -OCH3 is 2. The summed E-state index contributed by atoms with van der Waals surface area (Å²) in [6.07, 6.45) is 5.08. The zero-order valence-electron chi connectivity index (χ0n) is 41.0. The third-order valence-electron chi connectivity index (χ3n) is 12.2. The van der Waals surface area contributed by atoms with Gasteiger partial charge in [-0.2, -0.15) is 10.5 Å². The first kappa shape index (κ1) is 54.2. The maximum atomic E-state index is 12.5. The summed E-state index contributed by atoms with van der Waals surface area (Å²) in [5.74, 6) is 0.791. The summed E-state index contributed by atoms with van der Waals surface area (Å²) < 4.78 is 35.7. The van der Waals surface area contributed by atoms with Crippen molar-refractivity contribution in [3.8, 4) is 46.3 Å². The monoisotopic (exact) mass is 1010 g/mol. The van der Waals surface area contributed by atoms with Crippen molar-refractivity contribution in [2.45, 2.75) is 91.8 Å². The summed E-state index contributed by atoms with van der Waals surface area (Å²) in [5.41, 5.74) is 9.41. The predicted molar refractivity (Wildman–Crippen MR) is 273 cm³/mol. The topological polar surface area (TPSA) is 198 Å². The van der Waals surface area contributed by atoms with Gasteiger partial charge in [-0.15, -0.1) is 0 Å². The molecular weight excluding hydrogens is 958 g/mol. The van der Waals surface area contributed by atoms with Crippen LogP contribution in [0.2, 0.25) is 10.0 Å². The first-order valence-corrected chi connectivity index (χ1v) is 23.8. The molecule has 0 radical (unpaired) electrons. The van der Waals surface area contributed by atoms with Crippen molar-refractivity contribution in [1.29, 1.82) is 10.5 Å². The minimum Gasteiger partial charge on any atom is -0.500 e. The van der Waals surface area contributed by atoms with Gasteiger partial charge in [-0.05, 0) is 104 Å². The zero-order chi connectivity index (χ0) is 51.9. The highest BCUT2D eigenvalue weighted by Crippen LogP contribution is 2.38. The molecule has 0 fully saturated rings. The molecule has 6 aromatic rings. The Balaban J connectivity index is 1.22. The van der Waals surface area contributed by atoms with Gasteiger partial charge in [0.1, 0.15) is 67.3 Å². The van der Waals surface area contributed by atoms with Gasteiger partial charge in [-0.1, -0.05) is 66.2 Å². The fourth-order valence-electron chi connectivity index (χ4n) is 8.05. The fraction of sp³-hybridized carbons (Fsp3) is 0.304. The van der Waals surface area contributed by atoms with E-state index in [4.69, 9.17) is 51.6 Å². The molecule has 16 heteroatoms. The number of hydrogen-bond donors (Lipinski definition) is 3. The van der Waals surface area contributed by atoms with E-state index in [0.717, 1.165) is 33.4 Å². The van der Waals surface area contributed by atoms with E-state index >= 15 is 0 Å². The van der Waals surface area contributed by atoms with Crippen LogP contribution in [0.5, 0.6) is 23.0 Å². The number of nitriles is 2. The van der Waals surface area contributed by atoms with Crippen molar-refractivity contribution in [2.24, 2.45) is 5.92 Å². The number of aliphatic hydroxyl groups excluding tert-OH is 2. The van der Waals surface area contributed by atoms with Gasteiger partial charge >= 0.3 is 5.97 Å². The normalized spacial score (nSPS) is 12.6. The number of carbonyl (C=O) groups is 1. The van der Waals surface area contributed by atoms with Crippen molar-refractivity contribution >= 4 is 29.2 Å². The number of nitrogens with zero attached hydrogens (tertiary/aromatic N) is 4. The van der Waals surface area contributed by atoms with E-state index in [1.165, 1.54) is 26.6 Å². The Morgan fingerprint density at radius 2 is 1.15 bits per heavy atom. The van der Waals surface area contributed by atoms with Crippen molar-refractivity contribution < 1.29 is 43.4 Å². The number of aromatic nitrogens is 2. The molecule has 2 aromatic heterocycles. The molecule has 0 aliphatic heterocycles. The molecule has 0 aliphatic carbocycles. The van der Waals surface area contributed by atoms with Crippen molar-refractivity contribution in [2.75, 3.05) is 14.2 Å². The Labute approximate surface area is 430 Å². The van der Waals surface area contributed by atoms with Gasteiger partial charge in [0.25, 0.3) is 0 Å². The summed E-state index contributed by atoms with van der Waals surface area (Å²) in [4.78, 5) is 20.8. The van der Waals surface area contributed by atoms with Gasteiger partial charge in [0.2, 0.25) is 0 Å². The Morgan fingerprint density at radius 1 is 0.667 bits per heavy atom. The van der Waals surface area contributed by atoms with Crippen LogP contribution in [0.15, 0.2) is 110 Å². The molecule has 3 N–H and O–H groups in total. The summed E-state index contributed by atoms with van der Waals surface area (Å²) >= 11 is 13.8. The van der Waals surface area contributed by atoms with Crippen LogP contribution in [-0.4, -0.2) is 58.6 Å². The van der Waals surface area contributed by atoms with Gasteiger partial charge in [-0.3, -0.25) is 14.8 Å². The van der Waals surface area contributed by atoms with Crippen molar-refractivity contribution in [3.05, 3.63) is 176 Å². The Hall–Kier alpha value is -7.17. The van der Waals surface area contributed by atoms with E-state index in [0.29, 0.717) is 78.6 Å². The van der Waals surface area contributed by atoms with Crippen LogP contribution in [0.3, 0.4) is 0 Å². The second-order valence-electron chi connectivity index (χ2n) is 17.2. The summed E-state index contributed by atoms with van der Waals surface area (Å²) in [6.45, 7) is 12.0. The van der Waals surface area contributed by atoms with E-state index in [1.54, 1.807) is 62.6 Å². The van der Waals surface area contributed by atoms with Crippen LogP contribution < -0.4 is 24.3 Å². The highest BCUT2D eigenvalue weighted by molar-refractivity contribution is 6.32. The number of ether oxygens (including phenoxy) is 6. The standard InChI is InChI=1S/C56H57Cl2N5O9/c1-33-43(31-71-53-20-51(69-29-40-16-38(22-59)24-61-26-40)42(18-49(53)57)14-15-48(35(3)64)56(66)68-7)10-8-12-46(33)47-13-9-11-44(34(47)2)32-72-54-21-52(70-30-41-17-39(23-60)25-62-27-41)45(19-50(54)58)28-63-55(36(4)65)37(5)67-6/h8-13,16-21,24-27,35-36,48,55,63-65H,5,14-15,28-32H2,1-4,6-7H3/t35-,36-,48-,55-/m1/s1. The number of nitrogens with one attached hydrogen (secondary N) is 1. The molecule has 0 saturated carbocycles. The minimum absolute atomic E-state index is 0.0989. The van der Waals surface area contributed by atoms with Gasteiger partial charge in [0.05, 0.1) is 59.6 Å². The second-order valence-corrected chi connectivity index (χ2v) is 18.0. The molecule has 4 atom stereocenters. The predicted octanol–water partition coefficient (Wildman–Crippen LogP) is 10.2. The number of aliphatic hydroxyl groups is 2. The van der Waals surface area contributed by atoms with E-state index in [1.807, 2.05) is 38.1 Å². The summed E-state index contributed by atoms with van der Waals surface area (Å²) in [5, 5.41) is 43.6. The first-order chi connectivity index (χ1) is 34.6. The number of carbonyl (C=O) groups excluding carboxylic acids is 1. The molecule has 0 bridgehead atoms. The number of halogens is 2. The van der Waals surface area contributed by atoms with E-state index < -0.39 is 30.1 Å². The molecule has 0 amide bonds. The van der Waals surface area contributed by atoms with Gasteiger partial charge in [0.15, 0.2) is 0 Å². The molecule has 72 heavy (non-hydrogen) atoms. The lowest BCUT2D eigenvalue weighted by molar-refractivity contribution is -0.149. The van der Waals surface area contributed by atoms with Crippen LogP contribution in [0.1, 0.15) is 75.9 Å². The molecular formula is C56H57Cl2N5O9. The van der Waals surface area contributed by atoms with E-state index in [9.17, 15) is 25.5 Å². The third-order valence-corrected chi connectivity index (χ3v) is 12.8. The lowest BCUT2D eigenvalue weighted by atomic mass is 9.92. The van der Waals surface area contributed by atoms with Crippen LogP contribution >= 0.6 is 23.2 Å². The molecule has 0 unspecified atom stereocenters. The molecule has 374 valence electrons. The zero-order valence-corrected chi connectivity index (χ0v) is 42.5. The first-order valence-electron chi connectivity index (χ1n) is 23.1. The number of rotatable bonds is 24. The van der Waals surface area contributed by atoms with Gasteiger partial charge < -0.3 is 44.0 Å². The molecule has 6 rings (SSSR count). The lowest BCUT2D eigenvalue weighted by Crippen LogP contribution is -2.39. The number of esters is 1. The minimum atomic E-state index is -0.935. The fourth-order valence-corrected chi connectivity index (χ4v) is 8.53. The molecule has 0 saturated heterocycles. The van der Waals surface area contributed by atoms with E-state index in [2.05, 4.69) is 46.1 Å². The Morgan fingerprint density at radius 3 is 1.61 bits per heavy atom. The number of benzene rings is 4. The maximum Gasteiger partial charge on any atom is 0.311 e. The van der Waals surface area contributed by atoms with Gasteiger partial charge in [-0.25, -0.2) is 0 Å². The Bertz CT molecular complexity index is 2770. The van der Waals surface area contributed by atoms with Crippen molar-refractivity contribution in [3.63, 3.8) is 0 Å². The number of aryl methyl sites for hydroxylation is 1. The van der Waals surface area contributed by atoms with Crippen LogP contribution in [0, 0.1) is 42.4 Å². The van der Waals surface area contributed by atoms with E-state index in [-0.39, 0.29) is 39.4 Å². The molecule has 14 nitrogen and oxygen atoms in total. The molecule has 0 aliphatic rings. The summed E-state index contributed by atoms with van der Waals surface area (Å²) in [7, 11) is 2.78. The molecule has 4 aromatic carbocycles. The van der Waals surface area contributed by atoms with Crippen LogP contribution in [0.4, 0.5) is 0 Å². The largest absolute Gasteiger partial charge is 0.500 e. The molecule has 0 spiro atoms. The molecule has 2 heterocycles. The second kappa shape index (κ2) is 25.8. The average molecular weight is 1020 g/mol. The third kappa shape index (κ3) is 14.0. The Kier molecular flexibility index (Phi) is 19.4. The average Bonchev–Trinajstić information content (AvgIpc) is 3.37. The number of pyridine rings is 2. The van der Waals surface area contributed by atoms with Crippen LogP contribution in [-0.2, 0) is 53.7 Å². The van der Waals surface area contributed by atoms with Gasteiger partial charge in [0, 0.05) is 60.2 Å².